The van der Waals surface area contributed by atoms with Crippen LogP contribution in [0.3, 0.4) is 0 Å². The average molecular weight is 293 g/mol. The number of hydrogen-bond donors (Lipinski definition) is 2. The van der Waals surface area contributed by atoms with E-state index in [9.17, 15) is 9.90 Å². The fourth-order valence-corrected chi connectivity index (χ4v) is 3.12. The number of benzene rings is 2. The van der Waals surface area contributed by atoms with Gasteiger partial charge in [-0.15, -0.1) is 0 Å². The van der Waals surface area contributed by atoms with E-state index in [0.29, 0.717) is 17.6 Å². The number of para-hydroxylation sites is 1. The van der Waals surface area contributed by atoms with Crippen molar-refractivity contribution in [2.75, 3.05) is 0 Å². The lowest BCUT2D eigenvalue weighted by molar-refractivity contribution is 0.0859. The first-order valence-corrected chi connectivity index (χ1v) is 7.27. The molecule has 0 radical (unpaired) electrons. The molecule has 0 saturated carbocycles. The van der Waals surface area contributed by atoms with Crippen LogP contribution in [-0.2, 0) is 6.42 Å². The third kappa shape index (κ3) is 2.00. The van der Waals surface area contributed by atoms with Crippen molar-refractivity contribution in [1.82, 2.24) is 5.32 Å². The van der Waals surface area contributed by atoms with Crippen LogP contribution >= 0.6 is 0 Å². The van der Waals surface area contributed by atoms with Crippen molar-refractivity contribution in [3.63, 3.8) is 0 Å². The third-order valence-electron chi connectivity index (χ3n) is 4.22. The summed E-state index contributed by atoms with van der Waals surface area (Å²) in [5.74, 6) is -0.231. The molecule has 1 heterocycles. The van der Waals surface area contributed by atoms with Gasteiger partial charge in [-0.3, -0.25) is 4.79 Å². The Morgan fingerprint density at radius 2 is 1.91 bits per heavy atom. The maximum absolute atomic E-state index is 12.5. The maximum atomic E-state index is 12.5. The first-order chi connectivity index (χ1) is 10.7. The molecule has 2 unspecified atom stereocenters. The minimum Gasteiger partial charge on any atom is -0.463 e. The summed E-state index contributed by atoms with van der Waals surface area (Å²) in [7, 11) is 0. The van der Waals surface area contributed by atoms with Gasteiger partial charge in [0, 0.05) is 11.8 Å². The van der Waals surface area contributed by atoms with E-state index in [1.165, 1.54) is 6.26 Å². The first-order valence-electron chi connectivity index (χ1n) is 7.27. The Morgan fingerprint density at radius 3 is 2.82 bits per heavy atom. The quantitative estimate of drug-likeness (QED) is 0.763. The third-order valence-corrected chi connectivity index (χ3v) is 4.22. The van der Waals surface area contributed by atoms with Crippen LogP contribution in [0.15, 0.2) is 59.2 Å². The summed E-state index contributed by atoms with van der Waals surface area (Å²) in [5.41, 5.74) is 3.24. The maximum Gasteiger partial charge on any atom is 0.255 e. The number of aliphatic hydroxyl groups excluding tert-OH is 1. The van der Waals surface area contributed by atoms with Gasteiger partial charge in [-0.25, -0.2) is 0 Å². The number of fused-ring (bicyclic) bond motifs is 2. The number of furan rings is 1. The summed E-state index contributed by atoms with van der Waals surface area (Å²) in [5, 5.41) is 13.9. The minimum absolute atomic E-state index is 0.231. The normalized spacial score (nSPS) is 20.0. The molecule has 110 valence electrons. The van der Waals surface area contributed by atoms with E-state index in [2.05, 4.69) is 5.32 Å². The van der Waals surface area contributed by atoms with Crippen LogP contribution in [0.1, 0.15) is 27.5 Å². The Bertz CT molecular complexity index is 852. The van der Waals surface area contributed by atoms with Gasteiger partial charge in [-0.2, -0.15) is 0 Å². The molecule has 0 saturated heterocycles. The molecular formula is C18H15NO3. The second kappa shape index (κ2) is 5.00. The van der Waals surface area contributed by atoms with Crippen LogP contribution in [0.5, 0.6) is 0 Å². The van der Waals surface area contributed by atoms with Gasteiger partial charge in [0.15, 0.2) is 0 Å². The van der Waals surface area contributed by atoms with Crippen molar-refractivity contribution in [2.45, 2.75) is 18.6 Å². The van der Waals surface area contributed by atoms with Crippen molar-refractivity contribution in [3.05, 3.63) is 71.5 Å². The fraction of sp³-hybridized carbons (Fsp3) is 0.167. The average Bonchev–Trinajstić information content (AvgIpc) is 3.09. The van der Waals surface area contributed by atoms with Crippen molar-refractivity contribution >= 4 is 16.9 Å². The predicted octanol–water partition coefficient (Wildman–Crippen LogP) is 2.82. The van der Waals surface area contributed by atoms with Gasteiger partial charge in [-0.05, 0) is 17.2 Å². The largest absolute Gasteiger partial charge is 0.463 e. The van der Waals surface area contributed by atoms with Gasteiger partial charge in [0.1, 0.15) is 11.8 Å². The van der Waals surface area contributed by atoms with Crippen LogP contribution in [0.25, 0.3) is 11.0 Å². The summed E-state index contributed by atoms with van der Waals surface area (Å²) >= 11 is 0. The molecule has 2 N–H and O–H groups in total. The van der Waals surface area contributed by atoms with Gasteiger partial charge in [0.05, 0.1) is 17.7 Å². The van der Waals surface area contributed by atoms with E-state index in [4.69, 9.17) is 4.42 Å². The second-order valence-electron chi connectivity index (χ2n) is 5.57. The van der Waals surface area contributed by atoms with Gasteiger partial charge in [0.25, 0.3) is 5.91 Å². The molecule has 4 nitrogen and oxygen atoms in total. The van der Waals surface area contributed by atoms with E-state index < -0.39 is 6.10 Å². The molecule has 0 spiro atoms. The highest BCUT2D eigenvalue weighted by atomic mass is 16.3. The summed E-state index contributed by atoms with van der Waals surface area (Å²) in [6, 6.07) is 14.8. The number of carbonyl (C=O) groups excluding carboxylic acids is 1. The highest BCUT2D eigenvalue weighted by Gasteiger charge is 2.32. The lowest BCUT2D eigenvalue weighted by atomic mass is 10.1. The van der Waals surface area contributed by atoms with Crippen LogP contribution < -0.4 is 5.32 Å². The molecule has 1 amide bonds. The van der Waals surface area contributed by atoms with Crippen molar-refractivity contribution < 1.29 is 14.3 Å². The molecule has 0 fully saturated rings. The number of amides is 1. The Balaban J connectivity index is 1.65. The zero-order chi connectivity index (χ0) is 15.1. The topological polar surface area (TPSA) is 62.5 Å². The van der Waals surface area contributed by atoms with E-state index in [1.807, 2.05) is 48.5 Å². The number of hydrogen-bond acceptors (Lipinski definition) is 3. The van der Waals surface area contributed by atoms with Crippen LogP contribution in [0.4, 0.5) is 0 Å². The van der Waals surface area contributed by atoms with Gasteiger partial charge >= 0.3 is 0 Å². The van der Waals surface area contributed by atoms with Crippen LogP contribution in [0.2, 0.25) is 0 Å². The monoisotopic (exact) mass is 293 g/mol. The van der Waals surface area contributed by atoms with Crippen LogP contribution in [0, 0.1) is 0 Å². The Labute approximate surface area is 127 Å². The van der Waals surface area contributed by atoms with Gasteiger partial charge in [0.2, 0.25) is 0 Å². The molecule has 4 rings (SSSR count). The molecule has 1 aliphatic carbocycles. The molecule has 0 aliphatic heterocycles. The first kappa shape index (κ1) is 13.1. The summed E-state index contributed by atoms with van der Waals surface area (Å²) in [6.07, 6.45) is 1.43. The smallest absolute Gasteiger partial charge is 0.255 e. The molecule has 2 atom stereocenters. The Morgan fingerprint density at radius 1 is 1.14 bits per heavy atom. The standard InChI is InChI=1S/C18H15NO3/c20-15-9-11-5-1-2-6-12(11)17(15)19-18(21)14-10-22-16-8-4-3-7-13(14)16/h1-8,10,15,17,20H,9H2,(H,19,21). The lowest BCUT2D eigenvalue weighted by Crippen LogP contribution is -2.33. The zero-order valence-corrected chi connectivity index (χ0v) is 11.8. The van der Waals surface area contributed by atoms with Crippen LogP contribution in [-0.4, -0.2) is 17.1 Å². The van der Waals surface area contributed by atoms with Gasteiger partial charge < -0.3 is 14.8 Å². The highest BCUT2D eigenvalue weighted by molar-refractivity contribution is 6.06. The molecule has 2 aromatic carbocycles. The molecule has 3 aromatic rings. The Hall–Kier alpha value is -2.59. The number of rotatable bonds is 2. The molecule has 22 heavy (non-hydrogen) atoms. The van der Waals surface area contributed by atoms with E-state index in [-0.39, 0.29) is 11.9 Å². The van der Waals surface area contributed by atoms with Gasteiger partial charge in [-0.1, -0.05) is 42.5 Å². The molecule has 0 bridgehead atoms. The number of carbonyl (C=O) groups is 1. The summed E-state index contributed by atoms with van der Waals surface area (Å²) < 4.78 is 5.41. The van der Waals surface area contributed by atoms with E-state index in [1.54, 1.807) is 0 Å². The van der Waals surface area contributed by atoms with Crippen molar-refractivity contribution in [1.29, 1.82) is 0 Å². The van der Waals surface area contributed by atoms with Crippen molar-refractivity contribution in [2.24, 2.45) is 0 Å². The number of nitrogens with one attached hydrogen (secondary N) is 1. The summed E-state index contributed by atoms with van der Waals surface area (Å²) in [4.78, 5) is 12.5. The summed E-state index contributed by atoms with van der Waals surface area (Å²) in [6.45, 7) is 0. The van der Waals surface area contributed by atoms with Crippen molar-refractivity contribution in [3.8, 4) is 0 Å². The lowest BCUT2D eigenvalue weighted by Gasteiger charge is -2.17. The molecule has 1 aliphatic rings. The zero-order valence-electron chi connectivity index (χ0n) is 11.8. The number of aliphatic hydroxyl groups is 1. The fourth-order valence-electron chi connectivity index (χ4n) is 3.12. The second-order valence-corrected chi connectivity index (χ2v) is 5.57. The van der Waals surface area contributed by atoms with E-state index in [0.717, 1.165) is 16.5 Å². The minimum atomic E-state index is -0.598. The predicted molar refractivity (Wildman–Crippen MR) is 82.6 cm³/mol. The van der Waals surface area contributed by atoms with E-state index >= 15 is 0 Å². The molecule has 4 heteroatoms. The molecule has 1 aromatic heterocycles. The molecular weight excluding hydrogens is 278 g/mol. The SMILES string of the molecule is O=C(NC1c2ccccc2CC1O)c1coc2ccccc12. The highest BCUT2D eigenvalue weighted by Crippen LogP contribution is 2.32. The Kier molecular flexibility index (Phi) is 2.98.